The summed E-state index contributed by atoms with van der Waals surface area (Å²) in [5, 5.41) is 2.98. The van der Waals surface area contributed by atoms with E-state index in [1.54, 1.807) is 7.11 Å². The van der Waals surface area contributed by atoms with Crippen LogP contribution in [0.2, 0.25) is 0 Å². The molecule has 94 valence electrons. The van der Waals surface area contributed by atoms with Crippen LogP contribution in [0.4, 0.5) is 10.1 Å². The van der Waals surface area contributed by atoms with Crippen LogP contribution in [0.15, 0.2) is 29.3 Å². The normalized spacial score (nSPS) is 11.5. The first-order valence-electron chi connectivity index (χ1n) is 5.47. The summed E-state index contributed by atoms with van der Waals surface area (Å²) in [5.41, 5.74) is 7.54. The lowest BCUT2D eigenvalue weighted by Gasteiger charge is -2.10. The third kappa shape index (κ3) is 4.82. The van der Waals surface area contributed by atoms with Crippen LogP contribution in [0, 0.1) is 0 Å². The van der Waals surface area contributed by atoms with E-state index in [0.717, 1.165) is 11.3 Å². The number of hydrogen-bond acceptors (Lipinski definition) is 2. The van der Waals surface area contributed by atoms with E-state index in [4.69, 9.17) is 10.5 Å². The number of methoxy groups -OCH3 is 1. The Kier molecular flexibility index (Phi) is 6.03. The molecule has 0 fully saturated rings. The Balaban J connectivity index is 2.63. The number of para-hydroxylation sites is 1. The van der Waals surface area contributed by atoms with Gasteiger partial charge in [0.15, 0.2) is 5.96 Å². The fourth-order valence-electron chi connectivity index (χ4n) is 1.36. The molecule has 0 bridgehead atoms. The predicted octanol–water partition coefficient (Wildman–Crippen LogP) is 1.92. The molecule has 1 aromatic carbocycles. The topological polar surface area (TPSA) is 59.6 Å². The van der Waals surface area contributed by atoms with Crippen molar-refractivity contribution in [3.8, 4) is 0 Å². The van der Waals surface area contributed by atoms with Crippen LogP contribution in [-0.2, 0) is 11.3 Å². The first kappa shape index (κ1) is 13.4. The van der Waals surface area contributed by atoms with Crippen molar-refractivity contribution in [3.63, 3.8) is 0 Å². The summed E-state index contributed by atoms with van der Waals surface area (Å²) < 4.78 is 17.0. The zero-order valence-electron chi connectivity index (χ0n) is 9.95. The lowest BCUT2D eigenvalue weighted by molar-refractivity contribution is 0.185. The molecule has 1 rings (SSSR count). The van der Waals surface area contributed by atoms with Crippen molar-refractivity contribution in [1.29, 1.82) is 0 Å². The van der Waals surface area contributed by atoms with Crippen molar-refractivity contribution in [1.82, 2.24) is 0 Å². The third-order valence-corrected chi connectivity index (χ3v) is 2.15. The largest absolute Gasteiger partial charge is 0.380 e. The molecule has 0 aliphatic carbocycles. The van der Waals surface area contributed by atoms with Crippen molar-refractivity contribution in [2.75, 3.05) is 25.6 Å². The van der Waals surface area contributed by atoms with Gasteiger partial charge >= 0.3 is 0 Å². The van der Waals surface area contributed by atoms with Crippen LogP contribution in [0.25, 0.3) is 0 Å². The molecular weight excluding hydrogens is 221 g/mol. The number of hydrogen-bond donors (Lipinski definition) is 2. The van der Waals surface area contributed by atoms with Gasteiger partial charge in [0.25, 0.3) is 0 Å². The van der Waals surface area contributed by atoms with E-state index in [9.17, 15) is 4.39 Å². The summed E-state index contributed by atoms with van der Waals surface area (Å²) in [6.45, 7) is 0.514. The van der Waals surface area contributed by atoms with Gasteiger partial charge in [0.05, 0.1) is 13.3 Å². The van der Waals surface area contributed by atoms with Gasteiger partial charge in [-0.3, -0.25) is 9.38 Å². The van der Waals surface area contributed by atoms with Crippen molar-refractivity contribution in [3.05, 3.63) is 29.8 Å². The van der Waals surface area contributed by atoms with E-state index in [-0.39, 0.29) is 6.67 Å². The lowest BCUT2D eigenvalue weighted by atomic mass is 10.2. The highest BCUT2D eigenvalue weighted by molar-refractivity contribution is 5.92. The fourth-order valence-corrected chi connectivity index (χ4v) is 1.36. The first-order chi connectivity index (χ1) is 8.27. The highest BCUT2D eigenvalue weighted by Crippen LogP contribution is 2.15. The second-order valence-electron chi connectivity index (χ2n) is 3.52. The van der Waals surface area contributed by atoms with E-state index in [0.29, 0.717) is 25.5 Å². The molecule has 4 nitrogen and oxygen atoms in total. The maximum absolute atomic E-state index is 11.9. The molecule has 0 heterocycles. The van der Waals surface area contributed by atoms with Gasteiger partial charge in [-0.25, -0.2) is 0 Å². The van der Waals surface area contributed by atoms with Crippen LogP contribution >= 0.6 is 0 Å². The second-order valence-corrected chi connectivity index (χ2v) is 3.52. The molecule has 0 spiro atoms. The molecule has 0 amide bonds. The molecular formula is C12H18FN3O. The van der Waals surface area contributed by atoms with Crippen molar-refractivity contribution >= 4 is 11.6 Å². The molecule has 17 heavy (non-hydrogen) atoms. The van der Waals surface area contributed by atoms with Gasteiger partial charge in [0.1, 0.15) is 0 Å². The molecule has 0 saturated carbocycles. The van der Waals surface area contributed by atoms with E-state index >= 15 is 0 Å². The number of rotatable bonds is 6. The van der Waals surface area contributed by atoms with Crippen molar-refractivity contribution in [2.45, 2.75) is 13.0 Å². The Morgan fingerprint density at radius 1 is 1.47 bits per heavy atom. The number of nitrogens with one attached hydrogen (secondary N) is 1. The van der Waals surface area contributed by atoms with Crippen molar-refractivity contribution in [2.24, 2.45) is 10.7 Å². The lowest BCUT2D eigenvalue weighted by Crippen LogP contribution is -2.23. The minimum atomic E-state index is -0.378. The van der Waals surface area contributed by atoms with E-state index in [1.165, 1.54) is 0 Å². The minimum absolute atomic E-state index is 0.294. The Morgan fingerprint density at radius 2 is 2.24 bits per heavy atom. The number of aliphatic imine (C=N–C) groups is 1. The highest BCUT2D eigenvalue weighted by Gasteiger charge is 2.01. The zero-order chi connectivity index (χ0) is 12.5. The van der Waals surface area contributed by atoms with Crippen molar-refractivity contribution < 1.29 is 9.13 Å². The average Bonchev–Trinajstić information content (AvgIpc) is 2.32. The predicted molar refractivity (Wildman–Crippen MR) is 67.9 cm³/mol. The van der Waals surface area contributed by atoms with Gasteiger partial charge in [-0.2, -0.15) is 0 Å². The molecule has 0 unspecified atom stereocenters. The second kappa shape index (κ2) is 7.62. The van der Waals surface area contributed by atoms with Gasteiger partial charge in [-0.15, -0.1) is 0 Å². The Labute approximate surface area is 101 Å². The van der Waals surface area contributed by atoms with Gasteiger partial charge < -0.3 is 15.8 Å². The van der Waals surface area contributed by atoms with E-state index in [1.807, 2.05) is 24.3 Å². The smallest absolute Gasteiger partial charge is 0.193 e. The summed E-state index contributed by atoms with van der Waals surface area (Å²) in [6.07, 6.45) is 0.391. The Bertz CT molecular complexity index is 369. The van der Waals surface area contributed by atoms with Crippen LogP contribution in [0.1, 0.15) is 12.0 Å². The summed E-state index contributed by atoms with van der Waals surface area (Å²) in [4.78, 5) is 4.01. The Hall–Kier alpha value is -1.62. The zero-order valence-corrected chi connectivity index (χ0v) is 9.95. The summed E-state index contributed by atoms with van der Waals surface area (Å²) in [7, 11) is 1.63. The molecule has 0 saturated heterocycles. The van der Waals surface area contributed by atoms with Crippen LogP contribution in [-0.4, -0.2) is 26.3 Å². The number of nitrogens with two attached hydrogens (primary N) is 1. The molecule has 1 aromatic rings. The first-order valence-corrected chi connectivity index (χ1v) is 5.47. The summed E-state index contributed by atoms with van der Waals surface area (Å²) >= 11 is 0. The van der Waals surface area contributed by atoms with Crippen LogP contribution in [0.3, 0.4) is 0 Å². The van der Waals surface area contributed by atoms with Gasteiger partial charge in [-0.05, 0) is 12.5 Å². The van der Waals surface area contributed by atoms with Crippen LogP contribution in [0.5, 0.6) is 0 Å². The SMILES string of the molecule is COCc1ccccc1NC(N)=NCCCF. The molecule has 0 aliphatic rings. The average molecular weight is 239 g/mol. The number of benzene rings is 1. The molecule has 0 atom stereocenters. The highest BCUT2D eigenvalue weighted by atomic mass is 19.1. The van der Waals surface area contributed by atoms with E-state index in [2.05, 4.69) is 10.3 Å². The monoisotopic (exact) mass is 239 g/mol. The minimum Gasteiger partial charge on any atom is -0.380 e. The number of nitrogens with zero attached hydrogens (tertiary/aromatic N) is 1. The molecule has 3 N–H and O–H groups in total. The number of ether oxygens (including phenoxy) is 1. The van der Waals surface area contributed by atoms with E-state index < -0.39 is 0 Å². The molecule has 0 radical (unpaired) electrons. The standard InChI is InChI=1S/C12H18FN3O/c1-17-9-10-5-2-3-6-11(10)16-12(14)15-8-4-7-13/h2-3,5-6H,4,7-9H2,1H3,(H3,14,15,16). The summed E-state index contributed by atoms with van der Waals surface area (Å²) in [5.74, 6) is 0.294. The quantitative estimate of drug-likeness (QED) is 0.453. The maximum Gasteiger partial charge on any atom is 0.193 e. The number of halogens is 1. The van der Waals surface area contributed by atoms with Gasteiger partial charge in [0, 0.05) is 24.9 Å². The fraction of sp³-hybridized carbons (Fsp3) is 0.417. The Morgan fingerprint density at radius 3 is 2.94 bits per heavy atom. The number of alkyl halides is 1. The third-order valence-electron chi connectivity index (χ3n) is 2.15. The van der Waals surface area contributed by atoms with Crippen LogP contribution < -0.4 is 11.1 Å². The maximum atomic E-state index is 11.9. The molecule has 5 heteroatoms. The van der Waals surface area contributed by atoms with Gasteiger partial charge in [-0.1, -0.05) is 18.2 Å². The van der Waals surface area contributed by atoms with Gasteiger partial charge in [0.2, 0.25) is 0 Å². The number of guanidine groups is 1. The summed E-state index contributed by atoms with van der Waals surface area (Å²) in [6, 6.07) is 7.67. The molecule has 0 aliphatic heterocycles. The number of anilines is 1. The molecule has 0 aromatic heterocycles.